The molecule has 2 aromatic carbocycles. The number of amides is 2. The Balaban J connectivity index is 1.42. The number of nitrogens with one attached hydrogen (secondary N) is 2. The van der Waals surface area contributed by atoms with Crippen LogP contribution >= 0.6 is 0 Å². The van der Waals surface area contributed by atoms with E-state index in [1.807, 2.05) is 37.3 Å². The Hall–Kier alpha value is -3.81. The summed E-state index contributed by atoms with van der Waals surface area (Å²) in [6.45, 7) is 3.22. The number of unbranched alkanes of at least 4 members (excludes halogenated alkanes) is 1. The van der Waals surface area contributed by atoms with Gasteiger partial charge in [-0.2, -0.15) is 0 Å². The first-order valence-corrected chi connectivity index (χ1v) is 9.88. The number of imidazole rings is 1. The Morgan fingerprint density at radius 2 is 1.93 bits per heavy atom. The zero-order chi connectivity index (χ0) is 21.1. The minimum absolute atomic E-state index is 0.175. The Kier molecular flexibility index (Phi) is 5.38. The highest BCUT2D eigenvalue weighted by Gasteiger charge is 2.15. The Morgan fingerprint density at radius 3 is 2.73 bits per heavy atom. The molecule has 4 rings (SSSR count). The van der Waals surface area contributed by atoms with E-state index in [0.717, 1.165) is 47.3 Å². The van der Waals surface area contributed by atoms with Crippen LogP contribution in [-0.2, 0) is 6.54 Å². The summed E-state index contributed by atoms with van der Waals surface area (Å²) < 4.78 is 2.10. The number of urea groups is 1. The van der Waals surface area contributed by atoms with Crippen molar-refractivity contribution in [3.05, 3.63) is 54.4 Å². The van der Waals surface area contributed by atoms with Crippen LogP contribution in [0.4, 0.5) is 16.3 Å². The van der Waals surface area contributed by atoms with Crippen LogP contribution < -0.4 is 16.4 Å². The highest BCUT2D eigenvalue weighted by Crippen LogP contribution is 2.31. The molecule has 8 heteroatoms. The zero-order valence-corrected chi connectivity index (χ0v) is 16.7. The summed E-state index contributed by atoms with van der Waals surface area (Å²) in [5.74, 6) is 1.39. The van der Waals surface area contributed by atoms with Gasteiger partial charge in [-0.25, -0.2) is 14.8 Å². The number of phenols is 1. The topological polar surface area (TPSA) is 118 Å². The van der Waals surface area contributed by atoms with Crippen molar-refractivity contribution in [3.63, 3.8) is 0 Å². The van der Waals surface area contributed by atoms with Crippen molar-refractivity contribution in [2.75, 3.05) is 17.6 Å². The van der Waals surface area contributed by atoms with Gasteiger partial charge < -0.3 is 26.0 Å². The normalized spacial score (nSPS) is 11.1. The molecule has 0 unspecified atom stereocenters. The van der Waals surface area contributed by atoms with Crippen molar-refractivity contribution >= 4 is 39.5 Å². The minimum Gasteiger partial charge on any atom is -0.508 e. The van der Waals surface area contributed by atoms with E-state index in [1.54, 1.807) is 18.2 Å². The zero-order valence-electron chi connectivity index (χ0n) is 16.7. The third kappa shape index (κ3) is 3.98. The van der Waals surface area contributed by atoms with Gasteiger partial charge in [0.05, 0.1) is 11.0 Å². The van der Waals surface area contributed by atoms with Crippen molar-refractivity contribution in [3.8, 4) is 5.75 Å². The van der Waals surface area contributed by atoms with E-state index in [0.29, 0.717) is 17.9 Å². The second-order valence-electron chi connectivity index (χ2n) is 7.16. The molecule has 0 bridgehead atoms. The first kappa shape index (κ1) is 19.5. The van der Waals surface area contributed by atoms with Crippen LogP contribution in [0.15, 0.2) is 48.5 Å². The third-order valence-corrected chi connectivity index (χ3v) is 5.00. The molecule has 30 heavy (non-hydrogen) atoms. The number of anilines is 2. The predicted molar refractivity (Wildman–Crippen MR) is 119 cm³/mol. The third-order valence-electron chi connectivity index (χ3n) is 5.00. The Labute approximate surface area is 173 Å². The van der Waals surface area contributed by atoms with Crippen LogP contribution in [0.1, 0.15) is 18.7 Å². The first-order valence-electron chi connectivity index (χ1n) is 9.88. The van der Waals surface area contributed by atoms with Crippen LogP contribution in [0.2, 0.25) is 0 Å². The molecular formula is C22H24N6O2. The monoisotopic (exact) mass is 404 g/mol. The van der Waals surface area contributed by atoms with Crippen LogP contribution in [0.25, 0.3) is 21.9 Å². The number of benzene rings is 2. The SMILES string of the molecule is Cc1nc2c(N)nc3ccc(O)cc3c2n1CCCCNC(=O)Nc1ccccc1. The number of aromatic hydroxyl groups is 1. The van der Waals surface area contributed by atoms with E-state index >= 15 is 0 Å². The van der Waals surface area contributed by atoms with Gasteiger partial charge in [-0.05, 0) is 50.1 Å². The molecule has 154 valence electrons. The molecule has 0 spiro atoms. The van der Waals surface area contributed by atoms with Gasteiger partial charge in [0.2, 0.25) is 0 Å². The highest BCUT2D eigenvalue weighted by molar-refractivity contribution is 6.07. The number of carbonyl (C=O) groups is 1. The van der Waals surface area contributed by atoms with Gasteiger partial charge in [0.15, 0.2) is 5.82 Å². The molecule has 0 radical (unpaired) electrons. The number of fused-ring (bicyclic) bond motifs is 3. The Morgan fingerprint density at radius 1 is 1.13 bits per heavy atom. The summed E-state index contributed by atoms with van der Waals surface area (Å²) in [7, 11) is 0. The lowest BCUT2D eigenvalue weighted by Gasteiger charge is -2.10. The average Bonchev–Trinajstić information content (AvgIpc) is 3.06. The van der Waals surface area contributed by atoms with Gasteiger partial charge in [0, 0.05) is 24.2 Å². The summed E-state index contributed by atoms with van der Waals surface area (Å²) in [5, 5.41) is 16.4. The molecule has 0 atom stereocenters. The second-order valence-corrected chi connectivity index (χ2v) is 7.16. The lowest BCUT2D eigenvalue weighted by atomic mass is 10.1. The standard InChI is InChI=1S/C22H24N6O2/c1-14-25-19-20(17-13-16(29)9-10-18(17)27-21(19)23)28(14)12-6-5-11-24-22(30)26-15-7-3-2-4-8-15/h2-4,7-10,13,29H,5-6,11-12H2,1H3,(H2,23,27)(H2,24,26,30). The first-order chi connectivity index (χ1) is 14.5. The quantitative estimate of drug-likeness (QED) is 0.365. The maximum absolute atomic E-state index is 12.0. The summed E-state index contributed by atoms with van der Waals surface area (Å²) in [5.41, 5.74) is 9.11. The van der Waals surface area contributed by atoms with E-state index in [9.17, 15) is 9.90 Å². The molecular weight excluding hydrogens is 380 g/mol. The van der Waals surface area contributed by atoms with E-state index in [4.69, 9.17) is 5.73 Å². The van der Waals surface area contributed by atoms with Gasteiger partial charge >= 0.3 is 6.03 Å². The minimum atomic E-state index is -0.217. The largest absolute Gasteiger partial charge is 0.508 e. The molecule has 0 aliphatic carbocycles. The summed E-state index contributed by atoms with van der Waals surface area (Å²) >= 11 is 0. The van der Waals surface area contributed by atoms with Crippen molar-refractivity contribution in [1.82, 2.24) is 19.9 Å². The van der Waals surface area contributed by atoms with Gasteiger partial charge in [-0.3, -0.25) is 0 Å². The second kappa shape index (κ2) is 8.28. The number of para-hydroxylation sites is 1. The molecule has 5 N–H and O–H groups in total. The van der Waals surface area contributed by atoms with E-state index in [2.05, 4.69) is 25.2 Å². The molecule has 0 fully saturated rings. The maximum Gasteiger partial charge on any atom is 0.319 e. The van der Waals surface area contributed by atoms with Crippen molar-refractivity contribution < 1.29 is 9.90 Å². The number of aryl methyl sites for hydroxylation is 2. The number of hydrogen-bond donors (Lipinski definition) is 4. The molecule has 4 aromatic rings. The van der Waals surface area contributed by atoms with Gasteiger partial charge in [-0.1, -0.05) is 18.2 Å². The predicted octanol–water partition coefficient (Wildman–Crippen LogP) is 3.78. The fourth-order valence-corrected chi connectivity index (χ4v) is 3.58. The molecule has 0 aliphatic rings. The number of hydrogen-bond acceptors (Lipinski definition) is 5. The van der Waals surface area contributed by atoms with Gasteiger partial charge in [0.1, 0.15) is 17.1 Å². The number of pyridine rings is 1. The van der Waals surface area contributed by atoms with E-state index in [1.165, 1.54) is 0 Å². The summed E-state index contributed by atoms with van der Waals surface area (Å²) in [4.78, 5) is 20.9. The van der Waals surface area contributed by atoms with Gasteiger partial charge in [0.25, 0.3) is 0 Å². The number of nitrogens with two attached hydrogens (primary N) is 1. The van der Waals surface area contributed by atoms with Gasteiger partial charge in [-0.15, -0.1) is 0 Å². The average molecular weight is 404 g/mol. The fourth-order valence-electron chi connectivity index (χ4n) is 3.58. The lowest BCUT2D eigenvalue weighted by molar-refractivity contribution is 0.252. The van der Waals surface area contributed by atoms with Crippen LogP contribution in [0.5, 0.6) is 5.75 Å². The summed E-state index contributed by atoms with van der Waals surface area (Å²) in [6, 6.07) is 14.2. The van der Waals surface area contributed by atoms with Crippen molar-refractivity contribution in [2.45, 2.75) is 26.3 Å². The number of rotatable bonds is 6. The van der Waals surface area contributed by atoms with E-state index in [-0.39, 0.29) is 11.8 Å². The molecule has 8 nitrogen and oxygen atoms in total. The smallest absolute Gasteiger partial charge is 0.319 e. The molecule has 0 aliphatic heterocycles. The van der Waals surface area contributed by atoms with E-state index < -0.39 is 0 Å². The lowest BCUT2D eigenvalue weighted by Crippen LogP contribution is -2.29. The highest BCUT2D eigenvalue weighted by atomic mass is 16.3. The molecule has 0 saturated heterocycles. The summed E-state index contributed by atoms with van der Waals surface area (Å²) in [6.07, 6.45) is 1.66. The molecule has 2 aromatic heterocycles. The maximum atomic E-state index is 12.0. The van der Waals surface area contributed by atoms with Crippen LogP contribution in [0, 0.1) is 6.92 Å². The van der Waals surface area contributed by atoms with Crippen molar-refractivity contribution in [2.24, 2.45) is 0 Å². The number of aromatic nitrogens is 3. The number of phenolic OH excluding ortho intramolecular Hbond substituents is 1. The van der Waals surface area contributed by atoms with Crippen LogP contribution in [-0.4, -0.2) is 32.2 Å². The Bertz CT molecular complexity index is 1200. The molecule has 2 heterocycles. The van der Waals surface area contributed by atoms with Crippen LogP contribution in [0.3, 0.4) is 0 Å². The van der Waals surface area contributed by atoms with Crippen molar-refractivity contribution in [1.29, 1.82) is 0 Å². The number of carbonyl (C=O) groups excluding carboxylic acids is 1. The fraction of sp³-hybridized carbons (Fsp3) is 0.227. The number of nitrogen functional groups attached to an aromatic ring is 1. The number of nitrogens with zero attached hydrogens (tertiary/aromatic N) is 3. The molecule has 2 amide bonds. The molecule has 0 saturated carbocycles.